The van der Waals surface area contributed by atoms with E-state index in [1.807, 2.05) is 13.0 Å². The van der Waals surface area contributed by atoms with Gasteiger partial charge >= 0.3 is 12.2 Å². The zero-order valence-electron chi connectivity index (χ0n) is 18.2. The van der Waals surface area contributed by atoms with Gasteiger partial charge in [0, 0.05) is 24.5 Å². The molecule has 1 aliphatic rings. The Morgan fingerprint density at radius 3 is 2.15 bits per heavy atom. The number of aryl methyl sites for hydroxylation is 1. The SMILES string of the molecule is Cc1ccc(S(=O)(=O)N2CCc3ccc(NC(=O)Nc4ccc(C(F)(F)F)cc4)cc3C2)cc1. The molecule has 0 atom stereocenters. The molecule has 1 heterocycles. The van der Waals surface area contributed by atoms with Gasteiger partial charge in [-0.3, -0.25) is 0 Å². The molecule has 6 nitrogen and oxygen atoms in total. The highest BCUT2D eigenvalue weighted by Crippen LogP contribution is 2.30. The maximum atomic E-state index is 13.0. The van der Waals surface area contributed by atoms with Crippen LogP contribution in [0.25, 0.3) is 0 Å². The number of urea groups is 1. The fourth-order valence-electron chi connectivity index (χ4n) is 3.71. The molecule has 0 fully saturated rings. The van der Waals surface area contributed by atoms with Crippen molar-refractivity contribution < 1.29 is 26.4 Å². The number of hydrogen-bond donors (Lipinski definition) is 2. The summed E-state index contributed by atoms with van der Waals surface area (Å²) in [5.41, 5.74) is 2.57. The van der Waals surface area contributed by atoms with Gasteiger partial charge in [-0.25, -0.2) is 13.2 Å². The van der Waals surface area contributed by atoms with Crippen molar-refractivity contribution in [2.75, 3.05) is 17.2 Å². The summed E-state index contributed by atoms with van der Waals surface area (Å²) in [5.74, 6) is 0. The number of nitrogens with zero attached hydrogens (tertiary/aromatic N) is 1. The highest BCUT2D eigenvalue weighted by atomic mass is 32.2. The van der Waals surface area contributed by atoms with Gasteiger partial charge in [-0.2, -0.15) is 17.5 Å². The minimum atomic E-state index is -4.45. The van der Waals surface area contributed by atoms with Crippen LogP contribution >= 0.6 is 0 Å². The van der Waals surface area contributed by atoms with Gasteiger partial charge in [-0.15, -0.1) is 0 Å². The van der Waals surface area contributed by atoms with Crippen LogP contribution in [0.1, 0.15) is 22.3 Å². The number of benzene rings is 3. The van der Waals surface area contributed by atoms with Crippen LogP contribution in [-0.2, 0) is 29.2 Å². The number of carbonyl (C=O) groups is 1. The van der Waals surface area contributed by atoms with Crippen LogP contribution in [-0.4, -0.2) is 25.3 Å². The van der Waals surface area contributed by atoms with Gasteiger partial charge < -0.3 is 10.6 Å². The Morgan fingerprint density at radius 1 is 0.882 bits per heavy atom. The lowest BCUT2D eigenvalue weighted by Gasteiger charge is -2.28. The van der Waals surface area contributed by atoms with E-state index in [1.54, 1.807) is 36.4 Å². The van der Waals surface area contributed by atoms with Crippen LogP contribution in [0.15, 0.2) is 71.6 Å². The Bertz CT molecular complexity index is 1310. The zero-order valence-corrected chi connectivity index (χ0v) is 19.0. The molecular weight excluding hydrogens is 467 g/mol. The molecule has 34 heavy (non-hydrogen) atoms. The Hall–Kier alpha value is -3.37. The van der Waals surface area contributed by atoms with E-state index in [4.69, 9.17) is 0 Å². The average Bonchev–Trinajstić information content (AvgIpc) is 2.78. The van der Waals surface area contributed by atoms with Crippen LogP contribution in [0.5, 0.6) is 0 Å². The molecule has 10 heteroatoms. The number of alkyl halides is 3. The van der Waals surface area contributed by atoms with E-state index in [0.29, 0.717) is 18.7 Å². The van der Waals surface area contributed by atoms with E-state index < -0.39 is 27.8 Å². The molecule has 2 N–H and O–H groups in total. The first-order valence-electron chi connectivity index (χ1n) is 10.5. The molecule has 0 radical (unpaired) electrons. The van der Waals surface area contributed by atoms with E-state index in [1.165, 1.54) is 16.4 Å². The van der Waals surface area contributed by atoms with Gasteiger partial charge in [-0.05, 0) is 73.0 Å². The molecule has 3 aromatic carbocycles. The van der Waals surface area contributed by atoms with Crippen molar-refractivity contribution in [2.24, 2.45) is 0 Å². The monoisotopic (exact) mass is 489 g/mol. The normalized spacial score (nSPS) is 14.4. The minimum Gasteiger partial charge on any atom is -0.308 e. The van der Waals surface area contributed by atoms with Crippen LogP contribution in [0, 0.1) is 6.92 Å². The Kier molecular flexibility index (Phi) is 6.37. The van der Waals surface area contributed by atoms with Gasteiger partial charge in [0.15, 0.2) is 0 Å². The first kappa shape index (κ1) is 23.8. The molecule has 0 bridgehead atoms. The second-order valence-corrected chi connectivity index (χ2v) is 9.98. The molecule has 178 valence electrons. The summed E-state index contributed by atoms with van der Waals surface area (Å²) in [7, 11) is -3.66. The van der Waals surface area contributed by atoms with E-state index in [2.05, 4.69) is 10.6 Å². The van der Waals surface area contributed by atoms with Crippen molar-refractivity contribution in [1.29, 1.82) is 0 Å². The van der Waals surface area contributed by atoms with Gasteiger partial charge in [0.05, 0.1) is 10.5 Å². The van der Waals surface area contributed by atoms with E-state index in [-0.39, 0.29) is 17.1 Å². The molecule has 0 unspecified atom stereocenters. The maximum absolute atomic E-state index is 13.0. The predicted octanol–water partition coefficient (Wildman–Crippen LogP) is 5.40. The van der Waals surface area contributed by atoms with E-state index >= 15 is 0 Å². The lowest BCUT2D eigenvalue weighted by Crippen LogP contribution is -2.36. The summed E-state index contributed by atoms with van der Waals surface area (Å²) in [6.07, 6.45) is -3.91. The van der Waals surface area contributed by atoms with Gasteiger partial charge in [0.2, 0.25) is 10.0 Å². The summed E-state index contributed by atoms with van der Waals surface area (Å²) in [6, 6.07) is 15.4. The van der Waals surface area contributed by atoms with Gasteiger partial charge in [-0.1, -0.05) is 23.8 Å². The molecule has 0 aromatic heterocycles. The summed E-state index contributed by atoms with van der Waals surface area (Å²) < 4.78 is 65.5. The number of rotatable bonds is 4. The molecule has 2 amide bonds. The number of anilines is 2. The fourth-order valence-corrected chi connectivity index (χ4v) is 5.13. The third-order valence-corrected chi connectivity index (χ3v) is 7.43. The molecule has 0 spiro atoms. The smallest absolute Gasteiger partial charge is 0.308 e. The first-order chi connectivity index (χ1) is 16.0. The molecule has 4 rings (SSSR count). The highest BCUT2D eigenvalue weighted by Gasteiger charge is 2.30. The Balaban J connectivity index is 1.44. The third-order valence-electron chi connectivity index (χ3n) is 5.57. The fraction of sp³-hybridized carbons (Fsp3) is 0.208. The van der Waals surface area contributed by atoms with Crippen molar-refractivity contribution in [2.45, 2.75) is 31.0 Å². The summed E-state index contributed by atoms with van der Waals surface area (Å²) in [6.45, 7) is 2.40. The highest BCUT2D eigenvalue weighted by molar-refractivity contribution is 7.89. The number of fused-ring (bicyclic) bond motifs is 1. The number of sulfonamides is 1. The maximum Gasteiger partial charge on any atom is 0.416 e. The summed E-state index contributed by atoms with van der Waals surface area (Å²) >= 11 is 0. The standard InChI is InChI=1S/C24H22F3N3O3S/c1-16-2-10-22(11-3-16)34(32,33)30-13-12-17-4-7-21(14-18(17)15-30)29-23(31)28-20-8-5-19(6-9-20)24(25,26)27/h2-11,14H,12-13,15H2,1H3,(H2,28,29,31). The Morgan fingerprint density at radius 2 is 1.50 bits per heavy atom. The average molecular weight is 490 g/mol. The molecule has 0 saturated carbocycles. The zero-order chi connectivity index (χ0) is 24.5. The van der Waals surface area contributed by atoms with Gasteiger partial charge in [0.1, 0.15) is 0 Å². The van der Waals surface area contributed by atoms with Crippen LogP contribution in [0.3, 0.4) is 0 Å². The minimum absolute atomic E-state index is 0.168. The van der Waals surface area contributed by atoms with Crippen molar-refractivity contribution >= 4 is 27.4 Å². The van der Waals surface area contributed by atoms with Crippen molar-refractivity contribution in [1.82, 2.24) is 4.31 Å². The quantitative estimate of drug-likeness (QED) is 0.515. The van der Waals surface area contributed by atoms with E-state index in [9.17, 15) is 26.4 Å². The lowest BCUT2D eigenvalue weighted by molar-refractivity contribution is -0.137. The summed E-state index contributed by atoms with van der Waals surface area (Å²) in [4.78, 5) is 12.5. The predicted molar refractivity (Wildman–Crippen MR) is 123 cm³/mol. The number of nitrogens with one attached hydrogen (secondary N) is 2. The second kappa shape index (κ2) is 9.11. The number of hydrogen-bond acceptors (Lipinski definition) is 3. The molecule has 1 aliphatic heterocycles. The Labute approximate surface area is 195 Å². The van der Waals surface area contributed by atoms with Crippen LogP contribution in [0.2, 0.25) is 0 Å². The van der Waals surface area contributed by atoms with Crippen molar-refractivity contribution in [3.05, 3.63) is 89.0 Å². The molecule has 3 aromatic rings. The van der Waals surface area contributed by atoms with Crippen LogP contribution in [0.4, 0.5) is 29.3 Å². The number of carbonyl (C=O) groups excluding carboxylic acids is 1. The van der Waals surface area contributed by atoms with Gasteiger partial charge in [0.25, 0.3) is 0 Å². The van der Waals surface area contributed by atoms with E-state index in [0.717, 1.165) is 28.8 Å². The molecular formula is C24H22F3N3O3S. The lowest BCUT2D eigenvalue weighted by atomic mass is 10.0. The van der Waals surface area contributed by atoms with Crippen LogP contribution < -0.4 is 10.6 Å². The topological polar surface area (TPSA) is 78.5 Å². The van der Waals surface area contributed by atoms with Crippen molar-refractivity contribution in [3.8, 4) is 0 Å². The molecule has 0 saturated heterocycles. The first-order valence-corrected chi connectivity index (χ1v) is 11.9. The number of halogens is 3. The molecule has 0 aliphatic carbocycles. The summed E-state index contributed by atoms with van der Waals surface area (Å²) in [5, 5.41) is 5.12. The number of amides is 2. The third kappa shape index (κ3) is 5.23. The second-order valence-electron chi connectivity index (χ2n) is 8.04. The largest absolute Gasteiger partial charge is 0.416 e. The van der Waals surface area contributed by atoms with Crippen molar-refractivity contribution in [3.63, 3.8) is 0 Å².